The second-order valence-electron chi connectivity index (χ2n) is 4.93. The molecule has 12 heavy (non-hydrogen) atoms. The van der Waals surface area contributed by atoms with Gasteiger partial charge in [0.25, 0.3) is 0 Å². The second kappa shape index (κ2) is 2.12. The summed E-state index contributed by atoms with van der Waals surface area (Å²) in [6.07, 6.45) is 8.91. The highest BCUT2D eigenvalue weighted by Crippen LogP contribution is 2.60. The van der Waals surface area contributed by atoms with Gasteiger partial charge in [-0.3, -0.25) is 4.79 Å². The molecule has 0 heterocycles. The zero-order valence-corrected chi connectivity index (χ0v) is 7.51. The number of hydrogen-bond donors (Lipinski definition) is 0. The number of hydrogen-bond acceptors (Lipinski definition) is 1. The molecule has 0 saturated heterocycles. The summed E-state index contributed by atoms with van der Waals surface area (Å²) in [5.41, 5.74) is 0.225. The van der Waals surface area contributed by atoms with Crippen molar-refractivity contribution < 1.29 is 4.79 Å². The minimum atomic E-state index is 0.225. The van der Waals surface area contributed by atoms with Crippen LogP contribution < -0.4 is 0 Å². The van der Waals surface area contributed by atoms with Crippen molar-refractivity contribution in [2.75, 3.05) is 0 Å². The fourth-order valence-corrected chi connectivity index (χ4v) is 3.99. The van der Waals surface area contributed by atoms with Gasteiger partial charge in [-0.15, -0.1) is 0 Å². The van der Waals surface area contributed by atoms with Gasteiger partial charge in [0, 0.05) is 11.3 Å². The lowest BCUT2D eigenvalue weighted by atomic mass is 9.71. The smallest absolute Gasteiger partial charge is 0.142 e. The minimum Gasteiger partial charge on any atom is -0.299 e. The molecule has 0 aromatic heterocycles. The average Bonchev–Trinajstić information content (AvgIpc) is 2.75. The number of carbonyl (C=O) groups excluding carboxylic acids is 1. The van der Waals surface area contributed by atoms with Crippen LogP contribution in [0.5, 0.6) is 0 Å². The third kappa shape index (κ3) is 0.641. The molecule has 0 unspecified atom stereocenters. The van der Waals surface area contributed by atoms with Crippen LogP contribution in [0.3, 0.4) is 0 Å². The first-order valence-electron chi connectivity index (χ1n) is 5.37. The lowest BCUT2D eigenvalue weighted by Gasteiger charge is -2.31. The van der Waals surface area contributed by atoms with Crippen molar-refractivity contribution in [3.63, 3.8) is 0 Å². The van der Waals surface area contributed by atoms with Gasteiger partial charge in [-0.25, -0.2) is 0 Å². The number of Topliss-reactive ketones (excluding diaryl/α,β-unsaturated/α-hetero) is 1. The van der Waals surface area contributed by atoms with Gasteiger partial charge < -0.3 is 0 Å². The fraction of sp³-hybridized carbons (Fsp3) is 0.909. The maximum Gasteiger partial charge on any atom is 0.142 e. The Kier molecular flexibility index (Phi) is 1.26. The molecule has 1 spiro atoms. The summed E-state index contributed by atoms with van der Waals surface area (Å²) in [4.78, 5) is 12.0. The summed E-state index contributed by atoms with van der Waals surface area (Å²) in [6, 6.07) is 0. The largest absolute Gasteiger partial charge is 0.299 e. The van der Waals surface area contributed by atoms with Crippen LogP contribution >= 0.6 is 0 Å². The van der Waals surface area contributed by atoms with E-state index in [2.05, 4.69) is 0 Å². The SMILES string of the molecule is O=C1[C@@H]2CC[C@@H](C2)C12CCCC2. The molecule has 2 bridgehead atoms. The molecule has 0 aliphatic heterocycles. The summed E-state index contributed by atoms with van der Waals surface area (Å²) in [5, 5.41) is 0. The minimum absolute atomic E-state index is 0.225. The molecule has 3 saturated carbocycles. The summed E-state index contributed by atoms with van der Waals surface area (Å²) >= 11 is 0. The van der Waals surface area contributed by atoms with Crippen molar-refractivity contribution in [3.05, 3.63) is 0 Å². The highest BCUT2D eigenvalue weighted by atomic mass is 16.1. The molecule has 2 atom stereocenters. The number of carbonyl (C=O) groups is 1. The van der Waals surface area contributed by atoms with Gasteiger partial charge in [0.05, 0.1) is 0 Å². The third-order valence-corrected chi connectivity index (χ3v) is 4.57. The molecule has 3 aliphatic rings. The Morgan fingerprint density at radius 1 is 1.17 bits per heavy atom. The van der Waals surface area contributed by atoms with Gasteiger partial charge in [-0.05, 0) is 38.0 Å². The Balaban J connectivity index is 1.99. The molecule has 0 amide bonds. The first-order chi connectivity index (χ1) is 5.83. The lowest BCUT2D eigenvalue weighted by Crippen LogP contribution is -2.33. The molecular weight excluding hydrogens is 148 g/mol. The van der Waals surface area contributed by atoms with E-state index in [1.807, 2.05) is 0 Å². The van der Waals surface area contributed by atoms with Crippen LogP contribution in [0.1, 0.15) is 44.9 Å². The van der Waals surface area contributed by atoms with E-state index in [-0.39, 0.29) is 5.41 Å². The van der Waals surface area contributed by atoms with E-state index in [4.69, 9.17) is 0 Å². The maximum atomic E-state index is 12.0. The van der Waals surface area contributed by atoms with Crippen molar-refractivity contribution in [2.45, 2.75) is 44.9 Å². The standard InChI is InChI=1S/C11H16O/c12-10-8-3-4-9(7-8)11(10)5-1-2-6-11/h8-9H,1-7H2/t8-,9+/m1/s1. The Hall–Kier alpha value is -0.330. The molecule has 3 aliphatic carbocycles. The van der Waals surface area contributed by atoms with Crippen molar-refractivity contribution in [1.29, 1.82) is 0 Å². The molecular formula is C11H16O. The van der Waals surface area contributed by atoms with Gasteiger partial charge in [0.15, 0.2) is 0 Å². The van der Waals surface area contributed by atoms with Crippen molar-refractivity contribution >= 4 is 5.78 Å². The number of ketones is 1. The Labute approximate surface area is 73.5 Å². The van der Waals surface area contributed by atoms with Crippen LogP contribution in [0.2, 0.25) is 0 Å². The zero-order valence-electron chi connectivity index (χ0n) is 7.51. The Morgan fingerprint density at radius 3 is 2.50 bits per heavy atom. The highest BCUT2D eigenvalue weighted by Gasteiger charge is 2.58. The van der Waals surface area contributed by atoms with E-state index in [1.54, 1.807) is 0 Å². The van der Waals surface area contributed by atoms with Crippen molar-refractivity contribution in [2.24, 2.45) is 17.3 Å². The van der Waals surface area contributed by atoms with Crippen LogP contribution in [0.15, 0.2) is 0 Å². The predicted molar refractivity (Wildman–Crippen MR) is 46.7 cm³/mol. The molecule has 66 valence electrons. The summed E-state index contributed by atoms with van der Waals surface area (Å²) < 4.78 is 0. The van der Waals surface area contributed by atoms with Gasteiger partial charge in [0.2, 0.25) is 0 Å². The molecule has 3 rings (SSSR count). The van der Waals surface area contributed by atoms with Crippen LogP contribution in [-0.2, 0) is 4.79 Å². The van der Waals surface area contributed by atoms with E-state index in [0.717, 1.165) is 5.92 Å². The average molecular weight is 164 g/mol. The quantitative estimate of drug-likeness (QED) is 0.537. The topological polar surface area (TPSA) is 17.1 Å². The first kappa shape index (κ1) is 7.11. The molecule has 0 N–H and O–H groups in total. The predicted octanol–water partition coefficient (Wildman–Crippen LogP) is 2.55. The zero-order chi connectivity index (χ0) is 8.18. The van der Waals surface area contributed by atoms with Crippen LogP contribution in [-0.4, -0.2) is 5.78 Å². The Bertz CT molecular complexity index is 225. The summed E-state index contributed by atoms with van der Waals surface area (Å²) in [5.74, 6) is 1.96. The summed E-state index contributed by atoms with van der Waals surface area (Å²) in [6.45, 7) is 0. The van der Waals surface area contributed by atoms with E-state index in [1.165, 1.54) is 44.9 Å². The van der Waals surface area contributed by atoms with E-state index in [0.29, 0.717) is 11.7 Å². The van der Waals surface area contributed by atoms with E-state index >= 15 is 0 Å². The van der Waals surface area contributed by atoms with Crippen LogP contribution in [0.4, 0.5) is 0 Å². The number of fused-ring (bicyclic) bond motifs is 3. The normalized spacial score (nSPS) is 43.2. The van der Waals surface area contributed by atoms with Gasteiger partial charge >= 0.3 is 0 Å². The van der Waals surface area contributed by atoms with Gasteiger partial charge in [-0.2, -0.15) is 0 Å². The summed E-state index contributed by atoms with van der Waals surface area (Å²) in [7, 11) is 0. The maximum absolute atomic E-state index is 12.0. The molecule has 1 heteroatoms. The molecule has 0 aromatic rings. The van der Waals surface area contributed by atoms with Crippen molar-refractivity contribution in [1.82, 2.24) is 0 Å². The monoisotopic (exact) mass is 164 g/mol. The Morgan fingerprint density at radius 2 is 1.92 bits per heavy atom. The van der Waals surface area contributed by atoms with E-state index in [9.17, 15) is 4.79 Å². The van der Waals surface area contributed by atoms with Crippen LogP contribution in [0, 0.1) is 17.3 Å². The first-order valence-corrected chi connectivity index (χ1v) is 5.37. The van der Waals surface area contributed by atoms with E-state index < -0.39 is 0 Å². The molecule has 0 radical (unpaired) electrons. The van der Waals surface area contributed by atoms with Crippen LogP contribution in [0.25, 0.3) is 0 Å². The number of rotatable bonds is 0. The third-order valence-electron chi connectivity index (χ3n) is 4.57. The lowest BCUT2D eigenvalue weighted by molar-refractivity contribution is -0.132. The van der Waals surface area contributed by atoms with Gasteiger partial charge in [-0.1, -0.05) is 12.8 Å². The van der Waals surface area contributed by atoms with Gasteiger partial charge in [0.1, 0.15) is 5.78 Å². The second-order valence-corrected chi connectivity index (χ2v) is 4.93. The highest BCUT2D eigenvalue weighted by molar-refractivity contribution is 5.90. The molecule has 3 fully saturated rings. The fourth-order valence-electron chi connectivity index (χ4n) is 3.99. The molecule has 1 nitrogen and oxygen atoms in total. The van der Waals surface area contributed by atoms with Crippen molar-refractivity contribution in [3.8, 4) is 0 Å². The molecule has 0 aromatic carbocycles.